The van der Waals surface area contributed by atoms with Crippen LogP contribution < -0.4 is 11.1 Å². The van der Waals surface area contributed by atoms with Crippen LogP contribution in [-0.4, -0.2) is 5.91 Å². The highest BCUT2D eigenvalue weighted by Gasteiger charge is 2.08. The lowest BCUT2D eigenvalue weighted by molar-refractivity contribution is 0.102. The molecule has 0 saturated carbocycles. The van der Waals surface area contributed by atoms with Gasteiger partial charge in [0.05, 0.1) is 5.69 Å². The van der Waals surface area contributed by atoms with E-state index >= 15 is 0 Å². The maximum atomic E-state index is 12.7. The van der Waals surface area contributed by atoms with Crippen LogP contribution in [0.5, 0.6) is 0 Å². The fraction of sp³-hybridized carbons (Fsp3) is 0. The van der Waals surface area contributed by atoms with Gasteiger partial charge in [-0.15, -0.1) is 0 Å². The van der Waals surface area contributed by atoms with Crippen LogP contribution in [0.4, 0.5) is 15.8 Å². The predicted molar refractivity (Wildman–Crippen MR) is 72.9 cm³/mol. The molecule has 0 unspecified atom stereocenters. The minimum absolute atomic E-state index is 0.305. The molecule has 0 spiro atoms. The first kappa shape index (κ1) is 12.6. The third kappa shape index (κ3) is 2.87. The van der Waals surface area contributed by atoms with E-state index in [-0.39, 0.29) is 11.7 Å². The van der Waals surface area contributed by atoms with Crippen molar-refractivity contribution in [3.8, 4) is 0 Å². The molecule has 3 N–H and O–H groups in total. The van der Waals surface area contributed by atoms with Crippen molar-refractivity contribution < 1.29 is 9.18 Å². The van der Waals surface area contributed by atoms with Crippen LogP contribution in [0.2, 0.25) is 0 Å². The normalized spacial score (nSPS) is 10.1. The molecule has 92 valence electrons. The van der Waals surface area contributed by atoms with Crippen molar-refractivity contribution >= 4 is 33.2 Å². The van der Waals surface area contributed by atoms with Crippen LogP contribution in [-0.2, 0) is 0 Å². The monoisotopic (exact) mass is 308 g/mol. The van der Waals surface area contributed by atoms with Crippen molar-refractivity contribution in [3.05, 3.63) is 58.3 Å². The highest BCUT2D eigenvalue weighted by atomic mass is 79.9. The molecule has 0 saturated heterocycles. The van der Waals surface area contributed by atoms with Gasteiger partial charge in [-0.3, -0.25) is 4.79 Å². The molecule has 0 radical (unpaired) electrons. The summed E-state index contributed by atoms with van der Waals surface area (Å²) in [6.45, 7) is 0. The van der Waals surface area contributed by atoms with Gasteiger partial charge in [-0.05, 0) is 58.4 Å². The standard InChI is InChI=1S/C13H10BrFN2O/c14-11-7-10(16)5-6-12(11)17-13(18)8-1-3-9(15)4-2-8/h1-7H,16H2,(H,17,18). The summed E-state index contributed by atoms with van der Waals surface area (Å²) in [6.07, 6.45) is 0. The maximum Gasteiger partial charge on any atom is 0.255 e. The number of benzene rings is 2. The van der Waals surface area contributed by atoms with Gasteiger partial charge in [-0.25, -0.2) is 4.39 Å². The molecule has 0 atom stereocenters. The highest BCUT2D eigenvalue weighted by molar-refractivity contribution is 9.10. The number of nitrogens with two attached hydrogens (primary N) is 1. The SMILES string of the molecule is Nc1ccc(NC(=O)c2ccc(F)cc2)c(Br)c1. The Bertz CT molecular complexity index is 584. The molecule has 5 heteroatoms. The molecule has 0 aliphatic carbocycles. The van der Waals surface area contributed by atoms with Gasteiger partial charge in [0.25, 0.3) is 5.91 Å². The number of carbonyl (C=O) groups is 1. The van der Waals surface area contributed by atoms with Crippen LogP contribution in [0, 0.1) is 5.82 Å². The van der Waals surface area contributed by atoms with Gasteiger partial charge in [0.1, 0.15) is 5.82 Å². The Balaban J connectivity index is 2.18. The number of rotatable bonds is 2. The number of nitrogens with one attached hydrogen (secondary N) is 1. The lowest BCUT2D eigenvalue weighted by Crippen LogP contribution is -2.12. The lowest BCUT2D eigenvalue weighted by atomic mass is 10.2. The highest BCUT2D eigenvalue weighted by Crippen LogP contribution is 2.25. The molecule has 0 aliphatic rings. The number of hydrogen-bond donors (Lipinski definition) is 2. The van der Waals surface area contributed by atoms with Gasteiger partial charge in [0.15, 0.2) is 0 Å². The van der Waals surface area contributed by atoms with Gasteiger partial charge in [-0.2, -0.15) is 0 Å². The molecule has 0 heterocycles. The van der Waals surface area contributed by atoms with E-state index in [1.54, 1.807) is 18.2 Å². The average molecular weight is 309 g/mol. The number of carbonyl (C=O) groups excluding carboxylic acids is 1. The summed E-state index contributed by atoms with van der Waals surface area (Å²) in [5.41, 5.74) is 7.20. The van der Waals surface area contributed by atoms with Crippen molar-refractivity contribution in [2.75, 3.05) is 11.1 Å². The summed E-state index contributed by atoms with van der Waals surface area (Å²) in [5, 5.41) is 2.71. The van der Waals surface area contributed by atoms with Crippen LogP contribution in [0.15, 0.2) is 46.9 Å². The van der Waals surface area contributed by atoms with E-state index in [1.807, 2.05) is 0 Å². The Labute approximate surface area is 112 Å². The first-order valence-electron chi connectivity index (χ1n) is 5.18. The Kier molecular flexibility index (Phi) is 3.62. The van der Waals surface area contributed by atoms with Crippen LogP contribution in [0.1, 0.15) is 10.4 Å². The number of hydrogen-bond acceptors (Lipinski definition) is 2. The molecule has 0 aliphatic heterocycles. The smallest absolute Gasteiger partial charge is 0.255 e. The van der Waals surface area contributed by atoms with E-state index in [2.05, 4.69) is 21.2 Å². The molecule has 18 heavy (non-hydrogen) atoms. The molecule has 0 bridgehead atoms. The summed E-state index contributed by atoms with van der Waals surface area (Å²) in [4.78, 5) is 11.9. The second kappa shape index (κ2) is 5.18. The van der Waals surface area contributed by atoms with Gasteiger partial charge in [0, 0.05) is 15.7 Å². The van der Waals surface area contributed by atoms with Crippen molar-refractivity contribution in [2.24, 2.45) is 0 Å². The third-order valence-corrected chi connectivity index (χ3v) is 3.00. The summed E-state index contributed by atoms with van der Waals surface area (Å²) >= 11 is 3.31. The first-order chi connectivity index (χ1) is 8.56. The van der Waals surface area contributed by atoms with Crippen LogP contribution >= 0.6 is 15.9 Å². The summed E-state index contributed by atoms with van der Waals surface area (Å²) in [7, 11) is 0. The summed E-state index contributed by atoms with van der Waals surface area (Å²) < 4.78 is 13.4. The Morgan fingerprint density at radius 2 is 1.83 bits per heavy atom. The van der Waals surface area contributed by atoms with Gasteiger partial charge >= 0.3 is 0 Å². The Morgan fingerprint density at radius 3 is 2.44 bits per heavy atom. The second-order valence-corrected chi connectivity index (χ2v) is 4.55. The third-order valence-electron chi connectivity index (χ3n) is 2.35. The van der Waals surface area contributed by atoms with E-state index in [4.69, 9.17) is 5.73 Å². The zero-order valence-corrected chi connectivity index (χ0v) is 10.9. The van der Waals surface area contributed by atoms with E-state index in [0.29, 0.717) is 21.4 Å². The molecule has 0 aromatic heterocycles. The average Bonchev–Trinajstić information content (AvgIpc) is 2.33. The van der Waals surface area contributed by atoms with E-state index in [9.17, 15) is 9.18 Å². The Morgan fingerprint density at radius 1 is 1.17 bits per heavy atom. The maximum absolute atomic E-state index is 12.7. The van der Waals surface area contributed by atoms with Crippen molar-refractivity contribution in [2.45, 2.75) is 0 Å². The fourth-order valence-electron chi connectivity index (χ4n) is 1.43. The number of nitrogen functional groups attached to an aromatic ring is 1. The fourth-order valence-corrected chi connectivity index (χ4v) is 1.92. The van der Waals surface area contributed by atoms with Crippen LogP contribution in [0.3, 0.4) is 0 Å². The van der Waals surface area contributed by atoms with Gasteiger partial charge < -0.3 is 11.1 Å². The molecule has 1 amide bonds. The van der Waals surface area contributed by atoms with Crippen molar-refractivity contribution in [3.63, 3.8) is 0 Å². The molecule has 0 fully saturated rings. The van der Waals surface area contributed by atoms with E-state index in [1.165, 1.54) is 24.3 Å². The van der Waals surface area contributed by atoms with E-state index < -0.39 is 0 Å². The molecular weight excluding hydrogens is 299 g/mol. The minimum Gasteiger partial charge on any atom is -0.399 e. The van der Waals surface area contributed by atoms with E-state index in [0.717, 1.165) is 0 Å². The molecule has 3 nitrogen and oxygen atoms in total. The minimum atomic E-state index is -0.375. The van der Waals surface area contributed by atoms with Crippen molar-refractivity contribution in [1.82, 2.24) is 0 Å². The largest absolute Gasteiger partial charge is 0.399 e. The zero-order chi connectivity index (χ0) is 13.1. The topological polar surface area (TPSA) is 55.1 Å². The number of anilines is 2. The van der Waals surface area contributed by atoms with Gasteiger partial charge in [-0.1, -0.05) is 0 Å². The van der Waals surface area contributed by atoms with Crippen molar-refractivity contribution in [1.29, 1.82) is 0 Å². The molecule has 2 rings (SSSR count). The first-order valence-corrected chi connectivity index (χ1v) is 5.97. The van der Waals surface area contributed by atoms with Crippen LogP contribution in [0.25, 0.3) is 0 Å². The second-order valence-electron chi connectivity index (χ2n) is 3.70. The number of amides is 1. The lowest BCUT2D eigenvalue weighted by Gasteiger charge is -2.08. The summed E-state index contributed by atoms with van der Waals surface area (Å²) in [6, 6.07) is 10.4. The number of halogens is 2. The Hall–Kier alpha value is -1.88. The molecule has 2 aromatic carbocycles. The molecular formula is C13H10BrFN2O. The van der Waals surface area contributed by atoms with Gasteiger partial charge in [0.2, 0.25) is 0 Å². The quantitative estimate of drug-likeness (QED) is 0.835. The molecule has 2 aromatic rings. The predicted octanol–water partition coefficient (Wildman–Crippen LogP) is 3.42. The summed E-state index contributed by atoms with van der Waals surface area (Å²) in [5.74, 6) is -0.680. The zero-order valence-electron chi connectivity index (χ0n) is 9.28.